The summed E-state index contributed by atoms with van der Waals surface area (Å²) in [5.74, 6) is -0.615. The van der Waals surface area contributed by atoms with Crippen LogP contribution in [0.1, 0.15) is 0 Å². The van der Waals surface area contributed by atoms with Crippen LogP contribution in [0.5, 0.6) is 5.75 Å². The number of nitro groups is 1. The van der Waals surface area contributed by atoms with E-state index in [1.54, 1.807) is 0 Å². The van der Waals surface area contributed by atoms with Crippen molar-refractivity contribution in [1.29, 1.82) is 5.26 Å². The molecule has 0 radical (unpaired) electrons. The predicted molar refractivity (Wildman–Crippen MR) is 68.9 cm³/mol. The van der Waals surface area contributed by atoms with Crippen molar-refractivity contribution in [3.05, 3.63) is 28.3 Å². The number of hydrogen-bond acceptors (Lipinski definition) is 7. The largest absolute Gasteiger partial charge is 0.502 e. The number of nitriles is 1. The molecule has 1 saturated heterocycles. The van der Waals surface area contributed by atoms with Gasteiger partial charge in [-0.25, -0.2) is 8.42 Å². The lowest BCUT2D eigenvalue weighted by Gasteiger charge is -2.28. The van der Waals surface area contributed by atoms with Crippen LogP contribution >= 0.6 is 0 Å². The first-order valence-corrected chi connectivity index (χ1v) is 7.29. The van der Waals surface area contributed by atoms with Crippen molar-refractivity contribution in [1.82, 2.24) is 4.31 Å². The highest BCUT2D eigenvalue weighted by Crippen LogP contribution is 2.30. The van der Waals surface area contributed by atoms with Crippen LogP contribution in [-0.4, -0.2) is 48.6 Å². The quantitative estimate of drug-likeness (QED) is 0.622. The molecule has 1 aromatic rings. The molecule has 112 valence electrons. The fraction of sp³-hybridized carbons (Fsp3) is 0.364. The molecule has 1 aliphatic rings. The van der Waals surface area contributed by atoms with Gasteiger partial charge in [0.25, 0.3) is 0 Å². The highest BCUT2D eigenvalue weighted by Gasteiger charge is 2.32. The van der Waals surface area contributed by atoms with Gasteiger partial charge in [-0.1, -0.05) is 0 Å². The molecule has 1 aliphatic heterocycles. The van der Waals surface area contributed by atoms with Gasteiger partial charge in [0, 0.05) is 12.6 Å². The molecule has 0 bridgehead atoms. The van der Waals surface area contributed by atoms with Crippen molar-refractivity contribution in [2.45, 2.75) is 11.0 Å². The zero-order chi connectivity index (χ0) is 15.6. The van der Waals surface area contributed by atoms with Crippen LogP contribution in [0.2, 0.25) is 0 Å². The van der Waals surface area contributed by atoms with E-state index in [-0.39, 0.29) is 24.6 Å². The van der Waals surface area contributed by atoms with E-state index >= 15 is 0 Å². The Morgan fingerprint density at radius 3 is 2.86 bits per heavy atom. The van der Waals surface area contributed by atoms with E-state index < -0.39 is 32.5 Å². The normalized spacial score (nSPS) is 19.9. The maximum Gasteiger partial charge on any atom is 0.312 e. The Morgan fingerprint density at radius 2 is 2.24 bits per heavy atom. The molecular weight excluding hydrogens is 302 g/mol. The fourth-order valence-corrected chi connectivity index (χ4v) is 3.33. The average Bonchev–Trinajstić information content (AvgIpc) is 2.47. The summed E-state index contributed by atoms with van der Waals surface area (Å²) in [6.45, 7) is -0.0275. The number of aromatic hydroxyl groups is 1. The van der Waals surface area contributed by atoms with E-state index in [1.807, 2.05) is 6.07 Å². The average molecular weight is 313 g/mol. The number of sulfonamides is 1. The topological polar surface area (TPSA) is 134 Å². The minimum absolute atomic E-state index is 0.0508. The lowest BCUT2D eigenvalue weighted by atomic mass is 10.3. The summed E-state index contributed by atoms with van der Waals surface area (Å²) >= 11 is 0. The first-order valence-electron chi connectivity index (χ1n) is 5.85. The molecular formula is C11H11N3O6S. The van der Waals surface area contributed by atoms with Crippen LogP contribution in [0.25, 0.3) is 0 Å². The van der Waals surface area contributed by atoms with Gasteiger partial charge in [0.1, 0.15) is 0 Å². The smallest absolute Gasteiger partial charge is 0.312 e. The number of morpholine rings is 1. The Bertz CT molecular complexity index is 711. The Hall–Kier alpha value is -2.22. The number of phenols is 1. The van der Waals surface area contributed by atoms with Crippen LogP contribution in [0, 0.1) is 21.4 Å². The zero-order valence-electron chi connectivity index (χ0n) is 10.7. The van der Waals surface area contributed by atoms with Crippen molar-refractivity contribution < 1.29 is 23.2 Å². The number of nitro benzene ring substituents is 1. The molecule has 21 heavy (non-hydrogen) atoms. The van der Waals surface area contributed by atoms with Gasteiger partial charge in [0.05, 0.1) is 29.0 Å². The highest BCUT2D eigenvalue weighted by molar-refractivity contribution is 7.89. The molecule has 0 amide bonds. The zero-order valence-corrected chi connectivity index (χ0v) is 11.5. The summed E-state index contributed by atoms with van der Waals surface area (Å²) in [5, 5.41) is 28.9. The number of nitrogens with zero attached hydrogens (tertiary/aromatic N) is 3. The van der Waals surface area contributed by atoms with Gasteiger partial charge in [-0.05, 0) is 12.1 Å². The third-order valence-corrected chi connectivity index (χ3v) is 4.82. The second-order valence-corrected chi connectivity index (χ2v) is 6.20. The van der Waals surface area contributed by atoms with Gasteiger partial charge in [-0.15, -0.1) is 0 Å². The number of ether oxygens (including phenoxy) is 1. The van der Waals surface area contributed by atoms with Gasteiger partial charge in [0.15, 0.2) is 11.9 Å². The van der Waals surface area contributed by atoms with E-state index in [4.69, 9.17) is 10.00 Å². The first kappa shape index (κ1) is 15.2. The number of rotatable bonds is 3. The van der Waals surface area contributed by atoms with E-state index in [0.717, 1.165) is 22.5 Å². The van der Waals surface area contributed by atoms with Crippen LogP contribution in [-0.2, 0) is 14.8 Å². The Balaban J connectivity index is 2.38. The van der Waals surface area contributed by atoms with Crippen molar-refractivity contribution in [2.24, 2.45) is 0 Å². The molecule has 0 saturated carbocycles. The van der Waals surface area contributed by atoms with E-state index in [0.29, 0.717) is 0 Å². The molecule has 0 spiro atoms. The van der Waals surface area contributed by atoms with Crippen LogP contribution in [0.3, 0.4) is 0 Å². The summed E-state index contributed by atoms with van der Waals surface area (Å²) in [7, 11) is -3.99. The molecule has 1 aromatic carbocycles. The van der Waals surface area contributed by atoms with Crippen molar-refractivity contribution in [2.75, 3.05) is 19.7 Å². The van der Waals surface area contributed by atoms with Gasteiger partial charge in [0.2, 0.25) is 10.0 Å². The summed E-state index contributed by atoms with van der Waals surface area (Å²) in [6.07, 6.45) is -0.874. The molecule has 1 fully saturated rings. The maximum absolute atomic E-state index is 12.4. The van der Waals surface area contributed by atoms with Gasteiger partial charge in [-0.2, -0.15) is 9.57 Å². The summed E-state index contributed by atoms with van der Waals surface area (Å²) in [5.41, 5.74) is -0.693. The molecule has 9 nitrogen and oxygen atoms in total. The van der Waals surface area contributed by atoms with Gasteiger partial charge < -0.3 is 9.84 Å². The lowest BCUT2D eigenvalue weighted by Crippen LogP contribution is -2.45. The van der Waals surface area contributed by atoms with E-state index in [9.17, 15) is 23.6 Å². The van der Waals surface area contributed by atoms with Crippen LogP contribution in [0.15, 0.2) is 23.1 Å². The van der Waals surface area contributed by atoms with Crippen LogP contribution in [0.4, 0.5) is 5.69 Å². The number of benzene rings is 1. The SMILES string of the molecule is N#CC1CN(S(=O)(=O)c2ccc(O)c([N+](=O)[O-])c2)CCO1. The molecule has 10 heteroatoms. The number of hydrogen-bond donors (Lipinski definition) is 1. The highest BCUT2D eigenvalue weighted by atomic mass is 32.2. The maximum atomic E-state index is 12.4. The molecule has 1 heterocycles. The Morgan fingerprint density at radius 1 is 1.52 bits per heavy atom. The summed E-state index contributed by atoms with van der Waals surface area (Å²) in [4.78, 5) is 9.57. The minimum Gasteiger partial charge on any atom is -0.502 e. The third kappa shape index (κ3) is 2.94. The molecule has 0 aromatic heterocycles. The lowest BCUT2D eigenvalue weighted by molar-refractivity contribution is -0.386. The third-order valence-electron chi connectivity index (χ3n) is 2.95. The second kappa shape index (κ2) is 5.65. The summed E-state index contributed by atoms with van der Waals surface area (Å²) in [6, 6.07) is 4.64. The number of phenolic OH excluding ortho intramolecular Hbond substituents is 1. The minimum atomic E-state index is -3.99. The van der Waals surface area contributed by atoms with E-state index in [1.165, 1.54) is 0 Å². The Labute approximate surface area is 120 Å². The standard InChI is InChI=1S/C11H11N3O6S/c12-6-8-7-13(3-4-20-8)21(18,19)9-1-2-11(15)10(5-9)14(16)17/h1-2,5,8,15H,3-4,7H2. The molecule has 2 rings (SSSR count). The van der Waals surface area contributed by atoms with Gasteiger partial charge >= 0.3 is 5.69 Å². The van der Waals surface area contributed by atoms with Crippen molar-refractivity contribution in [3.8, 4) is 11.8 Å². The first-order chi connectivity index (χ1) is 9.86. The molecule has 1 N–H and O–H groups in total. The molecule has 1 unspecified atom stereocenters. The van der Waals surface area contributed by atoms with Crippen molar-refractivity contribution in [3.63, 3.8) is 0 Å². The fourth-order valence-electron chi connectivity index (χ4n) is 1.88. The predicted octanol–water partition coefficient (Wildman–Crippen LogP) is 0.213. The van der Waals surface area contributed by atoms with Crippen LogP contribution < -0.4 is 0 Å². The van der Waals surface area contributed by atoms with E-state index in [2.05, 4.69) is 0 Å². The molecule has 1 atom stereocenters. The monoisotopic (exact) mass is 313 g/mol. The Kier molecular flexibility index (Phi) is 4.08. The summed E-state index contributed by atoms with van der Waals surface area (Å²) < 4.78 is 30.9. The second-order valence-electron chi connectivity index (χ2n) is 4.26. The molecule has 0 aliphatic carbocycles. The van der Waals surface area contributed by atoms with Gasteiger partial charge in [-0.3, -0.25) is 10.1 Å². The van der Waals surface area contributed by atoms with Crippen molar-refractivity contribution >= 4 is 15.7 Å².